The first-order valence-electron chi connectivity index (χ1n) is 9.75. The molecule has 0 radical (unpaired) electrons. The number of hydrogen-bond donors (Lipinski definition) is 1. The number of halogens is 1. The fraction of sp³-hybridized carbons (Fsp3) is 0.261. The topological polar surface area (TPSA) is 68.3 Å². The molecule has 2 aromatic carbocycles. The average molecular weight is 500 g/mol. The number of nitrogens with zero attached hydrogens (tertiary/aromatic N) is 1. The Bertz CT molecular complexity index is 1080. The molecule has 1 heterocycles. The van der Waals surface area contributed by atoms with E-state index in [9.17, 15) is 9.59 Å². The number of benzene rings is 2. The van der Waals surface area contributed by atoms with Crippen LogP contribution in [0.1, 0.15) is 40.9 Å². The molecule has 0 spiro atoms. The molecule has 0 saturated carbocycles. The molecule has 0 bridgehead atoms. The van der Waals surface area contributed by atoms with Gasteiger partial charge in [-0.25, -0.2) is 4.79 Å². The largest absolute Gasteiger partial charge is 0.452 e. The number of hydrogen-bond acceptors (Lipinski definition) is 4. The van der Waals surface area contributed by atoms with Gasteiger partial charge in [0.2, 0.25) is 0 Å². The summed E-state index contributed by atoms with van der Waals surface area (Å²) in [5.74, 6) is -0.813. The van der Waals surface area contributed by atoms with Crippen molar-refractivity contribution in [2.45, 2.75) is 32.1 Å². The van der Waals surface area contributed by atoms with Crippen LogP contribution in [0.3, 0.4) is 0 Å². The van der Waals surface area contributed by atoms with Crippen LogP contribution < -0.4 is 5.32 Å². The van der Waals surface area contributed by atoms with Crippen LogP contribution in [-0.2, 0) is 22.4 Å². The molecule has 3 aromatic rings. The van der Waals surface area contributed by atoms with Gasteiger partial charge in [-0.05, 0) is 72.0 Å². The summed E-state index contributed by atoms with van der Waals surface area (Å²) in [6, 6.07) is 15.1. The first kappa shape index (κ1) is 19.8. The maximum atomic E-state index is 13.0. The summed E-state index contributed by atoms with van der Waals surface area (Å²) in [7, 11) is 0. The van der Waals surface area contributed by atoms with Gasteiger partial charge in [-0.3, -0.25) is 9.78 Å². The SMILES string of the molecule is O=C(COC(=O)c1c2c(nc3ccccc13)CCCCC2)Nc1ccccc1I. The number of fused-ring (bicyclic) bond motifs is 2. The maximum Gasteiger partial charge on any atom is 0.339 e. The zero-order valence-electron chi connectivity index (χ0n) is 15.9. The first-order valence-corrected chi connectivity index (χ1v) is 10.8. The molecule has 0 aliphatic heterocycles. The second-order valence-corrected chi connectivity index (χ2v) is 8.26. The van der Waals surface area contributed by atoms with Crippen molar-refractivity contribution < 1.29 is 14.3 Å². The highest BCUT2D eigenvalue weighted by Crippen LogP contribution is 2.29. The summed E-state index contributed by atoms with van der Waals surface area (Å²) in [4.78, 5) is 30.1. The highest BCUT2D eigenvalue weighted by Gasteiger charge is 2.23. The fourth-order valence-corrected chi connectivity index (χ4v) is 4.26. The van der Waals surface area contributed by atoms with E-state index in [-0.39, 0.29) is 12.5 Å². The number of nitrogens with one attached hydrogen (secondary N) is 1. The van der Waals surface area contributed by atoms with E-state index in [0.717, 1.165) is 57.8 Å². The lowest BCUT2D eigenvalue weighted by Crippen LogP contribution is -2.22. The van der Waals surface area contributed by atoms with E-state index in [2.05, 4.69) is 27.9 Å². The van der Waals surface area contributed by atoms with Gasteiger partial charge >= 0.3 is 5.97 Å². The Morgan fingerprint density at radius 1 is 1.00 bits per heavy atom. The molecule has 0 atom stereocenters. The number of anilines is 1. The molecular formula is C23H21IN2O3. The molecule has 5 nitrogen and oxygen atoms in total. The Morgan fingerprint density at radius 3 is 2.62 bits per heavy atom. The van der Waals surface area contributed by atoms with Gasteiger partial charge in [0.05, 0.1) is 16.8 Å². The van der Waals surface area contributed by atoms with Gasteiger partial charge < -0.3 is 10.1 Å². The molecule has 1 aliphatic rings. The van der Waals surface area contributed by atoms with Crippen molar-refractivity contribution in [3.63, 3.8) is 0 Å². The van der Waals surface area contributed by atoms with E-state index in [1.807, 2.05) is 48.5 Å². The lowest BCUT2D eigenvalue weighted by Gasteiger charge is -2.15. The Labute approximate surface area is 183 Å². The smallest absolute Gasteiger partial charge is 0.339 e. The Hall–Kier alpha value is -2.48. The molecule has 6 heteroatoms. The monoisotopic (exact) mass is 500 g/mol. The van der Waals surface area contributed by atoms with Crippen LogP contribution >= 0.6 is 22.6 Å². The van der Waals surface area contributed by atoms with E-state index in [4.69, 9.17) is 9.72 Å². The normalized spacial score (nSPS) is 13.4. The number of para-hydroxylation sites is 2. The van der Waals surface area contributed by atoms with Crippen molar-refractivity contribution in [1.29, 1.82) is 0 Å². The maximum absolute atomic E-state index is 13.0. The fourth-order valence-electron chi connectivity index (χ4n) is 3.73. The van der Waals surface area contributed by atoms with Crippen LogP contribution in [-0.4, -0.2) is 23.5 Å². The van der Waals surface area contributed by atoms with Crippen molar-refractivity contribution in [2.24, 2.45) is 0 Å². The number of aryl methyl sites for hydroxylation is 1. The molecule has 4 rings (SSSR count). The summed E-state index contributed by atoms with van der Waals surface area (Å²) in [5, 5.41) is 3.58. The lowest BCUT2D eigenvalue weighted by atomic mass is 9.97. The van der Waals surface area contributed by atoms with Crippen LogP contribution in [0, 0.1) is 3.57 Å². The predicted octanol–water partition coefficient (Wildman–Crippen LogP) is 4.90. The minimum absolute atomic E-state index is 0.324. The summed E-state index contributed by atoms with van der Waals surface area (Å²) in [6.45, 7) is -0.324. The Kier molecular flexibility index (Phi) is 6.08. The van der Waals surface area contributed by atoms with Crippen LogP contribution in [0.25, 0.3) is 10.9 Å². The van der Waals surface area contributed by atoms with Gasteiger partial charge in [0, 0.05) is 14.7 Å². The number of esters is 1. The van der Waals surface area contributed by atoms with Gasteiger partial charge in [-0.1, -0.05) is 36.8 Å². The van der Waals surface area contributed by atoms with Crippen LogP contribution in [0.4, 0.5) is 5.69 Å². The quantitative estimate of drug-likeness (QED) is 0.314. The molecule has 1 amide bonds. The van der Waals surface area contributed by atoms with Crippen molar-refractivity contribution >= 4 is 51.1 Å². The summed E-state index contributed by atoms with van der Waals surface area (Å²) >= 11 is 2.15. The van der Waals surface area contributed by atoms with Crippen LogP contribution in [0.15, 0.2) is 48.5 Å². The summed E-state index contributed by atoms with van der Waals surface area (Å²) < 4.78 is 6.36. The summed E-state index contributed by atoms with van der Waals surface area (Å²) in [6.07, 6.45) is 4.91. The third kappa shape index (κ3) is 4.42. The molecule has 29 heavy (non-hydrogen) atoms. The highest BCUT2D eigenvalue weighted by molar-refractivity contribution is 14.1. The lowest BCUT2D eigenvalue weighted by molar-refractivity contribution is -0.119. The van der Waals surface area contributed by atoms with Crippen molar-refractivity contribution in [3.05, 3.63) is 68.9 Å². The van der Waals surface area contributed by atoms with Gasteiger partial charge in [0.1, 0.15) is 0 Å². The number of aromatic nitrogens is 1. The van der Waals surface area contributed by atoms with Crippen LogP contribution in [0.5, 0.6) is 0 Å². The number of rotatable bonds is 4. The van der Waals surface area contributed by atoms with Gasteiger partial charge in [-0.15, -0.1) is 0 Å². The minimum Gasteiger partial charge on any atom is -0.452 e. The first-order chi connectivity index (χ1) is 14.1. The molecule has 0 saturated heterocycles. The molecule has 0 fully saturated rings. The molecule has 148 valence electrons. The van der Waals surface area contributed by atoms with E-state index in [0.29, 0.717) is 11.3 Å². The third-order valence-electron chi connectivity index (χ3n) is 5.11. The predicted molar refractivity (Wildman–Crippen MR) is 121 cm³/mol. The third-order valence-corrected chi connectivity index (χ3v) is 6.05. The standard InChI is InChI=1S/C23H21IN2O3/c24-17-10-5-7-13-20(17)26-21(27)14-29-23(28)22-15-8-2-1-3-11-18(15)25-19-12-6-4-9-16(19)22/h4-7,9-10,12-13H,1-3,8,11,14H2,(H,26,27). The molecule has 1 aromatic heterocycles. The molecule has 0 unspecified atom stereocenters. The number of pyridine rings is 1. The number of carbonyl (C=O) groups is 2. The van der Waals surface area contributed by atoms with Crippen LogP contribution in [0.2, 0.25) is 0 Å². The molecule has 1 aliphatic carbocycles. The summed E-state index contributed by atoms with van der Waals surface area (Å²) in [5.41, 5.74) is 4.02. The second kappa shape index (κ2) is 8.90. The Morgan fingerprint density at radius 2 is 1.76 bits per heavy atom. The van der Waals surface area contributed by atoms with Crippen molar-refractivity contribution in [2.75, 3.05) is 11.9 Å². The highest BCUT2D eigenvalue weighted by atomic mass is 127. The van der Waals surface area contributed by atoms with Crippen molar-refractivity contribution in [3.8, 4) is 0 Å². The van der Waals surface area contributed by atoms with Gasteiger partial charge in [0.15, 0.2) is 6.61 Å². The Balaban J connectivity index is 1.57. The number of carbonyl (C=O) groups excluding carboxylic acids is 2. The van der Waals surface area contributed by atoms with E-state index in [1.54, 1.807) is 0 Å². The molecular weight excluding hydrogens is 479 g/mol. The van der Waals surface area contributed by atoms with Crippen molar-refractivity contribution in [1.82, 2.24) is 4.98 Å². The van der Waals surface area contributed by atoms with Gasteiger partial charge in [0.25, 0.3) is 5.91 Å². The number of ether oxygens (including phenoxy) is 1. The molecule has 1 N–H and O–H groups in total. The van der Waals surface area contributed by atoms with E-state index < -0.39 is 5.97 Å². The zero-order chi connectivity index (χ0) is 20.2. The number of amides is 1. The zero-order valence-corrected chi connectivity index (χ0v) is 18.1. The van der Waals surface area contributed by atoms with E-state index >= 15 is 0 Å². The van der Waals surface area contributed by atoms with E-state index in [1.165, 1.54) is 0 Å². The minimum atomic E-state index is -0.459. The second-order valence-electron chi connectivity index (χ2n) is 7.09. The average Bonchev–Trinajstić information content (AvgIpc) is 2.97. The van der Waals surface area contributed by atoms with Gasteiger partial charge in [-0.2, -0.15) is 0 Å².